The quantitative estimate of drug-likeness (QED) is 0.164. The molecule has 6 rings (SSSR count). The molecule has 0 spiro atoms. The lowest BCUT2D eigenvalue weighted by Gasteiger charge is -2.39. The number of carboxylic acids is 1. The summed E-state index contributed by atoms with van der Waals surface area (Å²) in [6.07, 6.45) is 9.29. The highest BCUT2D eigenvalue weighted by atomic mass is 35.5. The van der Waals surface area contributed by atoms with Gasteiger partial charge in [-0.05, 0) is 37.7 Å². The Morgan fingerprint density at radius 1 is 1.30 bits per heavy atom. The second-order valence-corrected chi connectivity index (χ2v) is 13.2. The number of rotatable bonds is 8. The first-order valence-corrected chi connectivity index (χ1v) is 16.0. The molecule has 2 N–H and O–H groups in total. The van der Waals surface area contributed by atoms with Crippen LogP contribution < -0.4 is 5.32 Å². The topological polar surface area (TPSA) is 114 Å². The number of carboxylic acid groups (broad SMARTS) is 1. The van der Waals surface area contributed by atoms with Crippen molar-refractivity contribution >= 4 is 52.0 Å². The van der Waals surface area contributed by atoms with Gasteiger partial charge in [-0.2, -0.15) is 0 Å². The van der Waals surface area contributed by atoms with Crippen LogP contribution in [0, 0.1) is 29.4 Å². The molecule has 2 aromatic heterocycles. The molecule has 2 aliphatic carbocycles. The van der Waals surface area contributed by atoms with Gasteiger partial charge in [-0.15, -0.1) is 22.7 Å². The molecule has 0 bridgehead atoms. The van der Waals surface area contributed by atoms with Crippen LogP contribution in [0.2, 0.25) is 5.02 Å². The average molecular weight is 657 g/mol. The summed E-state index contributed by atoms with van der Waals surface area (Å²) in [5.41, 5.74) is 1.82. The van der Waals surface area contributed by atoms with E-state index >= 15 is 0 Å². The van der Waals surface area contributed by atoms with E-state index in [9.17, 15) is 23.5 Å². The Kier molecular flexibility index (Phi) is 8.49. The Balaban J connectivity index is 1.38. The molecule has 1 saturated carbocycles. The van der Waals surface area contributed by atoms with E-state index in [2.05, 4.69) is 16.9 Å². The Morgan fingerprint density at radius 3 is 2.82 bits per heavy atom. The number of allylic oxidation sites excluding steroid dienone is 4. The molecular weight excluding hydrogens is 630 g/mol. The molecule has 3 aliphatic rings. The zero-order chi connectivity index (χ0) is 31.1. The number of hydrogen-bond acceptors (Lipinski definition) is 9. The second-order valence-electron chi connectivity index (χ2n) is 10.8. The van der Waals surface area contributed by atoms with Crippen LogP contribution in [0.25, 0.3) is 0 Å². The van der Waals surface area contributed by atoms with Gasteiger partial charge < -0.3 is 15.2 Å². The summed E-state index contributed by atoms with van der Waals surface area (Å²) in [6, 6.07) is 1.22. The molecule has 0 radical (unpaired) electrons. The van der Waals surface area contributed by atoms with Crippen molar-refractivity contribution in [2.45, 2.75) is 37.6 Å². The van der Waals surface area contributed by atoms with Crippen LogP contribution in [0.1, 0.15) is 51.0 Å². The van der Waals surface area contributed by atoms with E-state index in [1.165, 1.54) is 24.5 Å². The minimum absolute atomic E-state index is 0.00235. The molecule has 0 amide bonds. The number of nitrogens with one attached hydrogen (secondary N) is 1. The lowest BCUT2D eigenvalue weighted by Crippen LogP contribution is -2.38. The van der Waals surface area contributed by atoms with Crippen LogP contribution in [-0.2, 0) is 27.2 Å². The van der Waals surface area contributed by atoms with E-state index in [0.717, 1.165) is 21.6 Å². The van der Waals surface area contributed by atoms with Gasteiger partial charge in [0.05, 0.1) is 34.3 Å². The van der Waals surface area contributed by atoms with Gasteiger partial charge in [0.2, 0.25) is 0 Å². The number of methoxy groups -OCH3 is 1. The Bertz CT molecular complexity index is 1740. The Morgan fingerprint density at radius 2 is 2.11 bits per heavy atom. The van der Waals surface area contributed by atoms with Gasteiger partial charge >= 0.3 is 11.9 Å². The summed E-state index contributed by atoms with van der Waals surface area (Å²) in [5, 5.41) is 15.8. The highest BCUT2D eigenvalue weighted by Gasteiger charge is 2.46. The number of carbonyl (C=O) groups excluding carboxylic acids is 1. The van der Waals surface area contributed by atoms with Crippen molar-refractivity contribution in [2.24, 2.45) is 22.7 Å². The normalized spacial score (nSPS) is 24.7. The predicted molar refractivity (Wildman–Crippen MR) is 164 cm³/mol. The largest absolute Gasteiger partial charge is 0.481 e. The van der Waals surface area contributed by atoms with Gasteiger partial charge in [-0.1, -0.05) is 42.5 Å². The first kappa shape index (κ1) is 30.3. The molecule has 1 aliphatic heterocycles. The van der Waals surface area contributed by atoms with Crippen LogP contribution in [0.3, 0.4) is 0 Å². The van der Waals surface area contributed by atoms with Gasteiger partial charge in [0.25, 0.3) is 0 Å². The number of aliphatic imine (C=N–C) groups is 1. The summed E-state index contributed by atoms with van der Waals surface area (Å²) in [6.45, 7) is 3.70. The third kappa shape index (κ3) is 5.39. The van der Waals surface area contributed by atoms with Gasteiger partial charge in [-0.3, -0.25) is 9.79 Å². The van der Waals surface area contributed by atoms with Crippen LogP contribution >= 0.6 is 34.3 Å². The van der Waals surface area contributed by atoms with E-state index in [0.29, 0.717) is 42.2 Å². The van der Waals surface area contributed by atoms with Crippen LogP contribution in [-0.4, -0.2) is 40.0 Å². The van der Waals surface area contributed by atoms with Gasteiger partial charge in [0.15, 0.2) is 22.5 Å². The molecule has 13 heteroatoms. The van der Waals surface area contributed by atoms with Crippen molar-refractivity contribution in [1.29, 1.82) is 0 Å². The minimum Gasteiger partial charge on any atom is -0.481 e. The summed E-state index contributed by atoms with van der Waals surface area (Å²) >= 11 is 9.21. The zero-order valence-electron chi connectivity index (χ0n) is 23.4. The number of hydrogen-bond donors (Lipinski definition) is 2. The van der Waals surface area contributed by atoms with E-state index in [1.54, 1.807) is 35.1 Å². The van der Waals surface area contributed by atoms with E-state index in [-0.39, 0.29) is 28.9 Å². The summed E-state index contributed by atoms with van der Waals surface area (Å²) in [7, 11) is 1.26. The molecule has 8 nitrogen and oxygen atoms in total. The first-order valence-electron chi connectivity index (χ1n) is 13.9. The fraction of sp³-hybridized carbons (Fsp3) is 0.323. The molecule has 228 valence electrons. The molecule has 1 aromatic carbocycles. The maximum atomic E-state index is 14.6. The average Bonchev–Trinajstić information content (AvgIpc) is 3.69. The summed E-state index contributed by atoms with van der Waals surface area (Å²) < 4.78 is 33.9. The van der Waals surface area contributed by atoms with E-state index in [1.807, 2.05) is 6.08 Å². The van der Waals surface area contributed by atoms with Gasteiger partial charge in [0.1, 0.15) is 6.04 Å². The molecule has 44 heavy (non-hydrogen) atoms. The number of esters is 1. The van der Waals surface area contributed by atoms with Gasteiger partial charge in [0, 0.05) is 39.6 Å². The smallest absolute Gasteiger partial charge is 0.338 e. The number of carbonyl (C=O) groups is 2. The first-order chi connectivity index (χ1) is 21.2. The van der Waals surface area contributed by atoms with Crippen LogP contribution in [0.15, 0.2) is 64.8 Å². The lowest BCUT2D eigenvalue weighted by molar-refractivity contribution is -0.147. The van der Waals surface area contributed by atoms with Gasteiger partial charge in [-0.25, -0.2) is 23.5 Å². The third-order valence-corrected chi connectivity index (χ3v) is 10.8. The number of ether oxygens (including phenoxy) is 1. The van der Waals surface area contributed by atoms with Crippen molar-refractivity contribution in [3.8, 4) is 0 Å². The summed E-state index contributed by atoms with van der Waals surface area (Å²) in [5.74, 6) is -4.24. The lowest BCUT2D eigenvalue weighted by atomic mass is 9.65. The Hall–Kier alpha value is -3.74. The monoisotopic (exact) mass is 656 g/mol. The van der Waals surface area contributed by atoms with Crippen LogP contribution in [0.5, 0.6) is 0 Å². The standard InChI is InChI=1S/C31H27ClF2N4O4S2/c1-3-4-5-15-17(13-18(15)30(39)40)28-36-20-9-6-14(12-21(20)44-28)25-22(31(41)42-2)26(16-7-8-19(33)24(34)23(16)32)38-27(37-25)29-35-10-11-43-29/h3-5,7-8,10-11,14-15,17-18,26H,1,6,9,12-13H2,2H3,(H,37,38)(H,39,40)/b5-4-/t14?,15?,17-,18-,26?/m0/s1. The maximum absolute atomic E-state index is 14.6. The molecule has 5 atom stereocenters. The fourth-order valence-electron chi connectivity index (χ4n) is 6.13. The number of benzene rings is 1. The predicted octanol–water partition coefficient (Wildman–Crippen LogP) is 6.40. The molecule has 1 fully saturated rings. The molecule has 3 heterocycles. The van der Waals surface area contributed by atoms with E-state index < -0.39 is 40.6 Å². The molecule has 3 unspecified atom stereocenters. The number of aryl methyl sites for hydroxylation is 1. The number of nitrogens with zero attached hydrogens (tertiary/aromatic N) is 3. The highest BCUT2D eigenvalue weighted by molar-refractivity contribution is 7.12. The second kappa shape index (κ2) is 12.3. The van der Waals surface area contributed by atoms with E-state index in [4.69, 9.17) is 26.3 Å². The number of halogens is 3. The minimum atomic E-state index is -1.22. The SMILES string of the molecule is C=C/C=C\C1[C@@H](C(=O)O)C[C@@H]1c1nc2c(s1)CC(C1=C(C(=O)OC)C(c3ccc(F)c(F)c3Cl)N=C(c3nccs3)N1)CC2. The van der Waals surface area contributed by atoms with Crippen molar-refractivity contribution < 1.29 is 28.2 Å². The molecule has 0 saturated heterocycles. The zero-order valence-corrected chi connectivity index (χ0v) is 25.8. The van der Waals surface area contributed by atoms with Crippen molar-refractivity contribution in [3.05, 3.63) is 103 Å². The third-order valence-electron chi connectivity index (χ3n) is 8.38. The fourth-order valence-corrected chi connectivity index (χ4v) is 8.33. The maximum Gasteiger partial charge on any atom is 0.338 e. The number of fused-ring (bicyclic) bond motifs is 1. The number of thiazole rings is 2. The Labute approximate surface area is 264 Å². The molecule has 3 aromatic rings. The van der Waals surface area contributed by atoms with Crippen molar-refractivity contribution in [2.75, 3.05) is 7.11 Å². The number of amidine groups is 1. The molecular formula is C31H27ClF2N4O4S2. The summed E-state index contributed by atoms with van der Waals surface area (Å²) in [4.78, 5) is 40.2. The van der Waals surface area contributed by atoms with Crippen LogP contribution in [0.4, 0.5) is 8.78 Å². The number of aromatic nitrogens is 2. The van der Waals surface area contributed by atoms with Crippen molar-refractivity contribution in [3.63, 3.8) is 0 Å². The van der Waals surface area contributed by atoms with Crippen molar-refractivity contribution in [1.82, 2.24) is 15.3 Å². The number of aliphatic carboxylic acids is 1. The highest BCUT2D eigenvalue weighted by Crippen LogP contribution is 2.51.